The van der Waals surface area contributed by atoms with Crippen LogP contribution in [0.15, 0.2) is 42.7 Å². The van der Waals surface area contributed by atoms with Gasteiger partial charge in [-0.25, -0.2) is 0 Å². The van der Waals surface area contributed by atoms with Crippen molar-refractivity contribution in [3.05, 3.63) is 71.1 Å². The van der Waals surface area contributed by atoms with E-state index in [2.05, 4.69) is 59.9 Å². The van der Waals surface area contributed by atoms with Crippen LogP contribution in [0.3, 0.4) is 0 Å². The molecule has 2 aliphatic heterocycles. The molecule has 51 heavy (non-hydrogen) atoms. The van der Waals surface area contributed by atoms with Gasteiger partial charge in [-0.15, -0.1) is 10.2 Å². The number of hydrogen-bond acceptors (Lipinski definition) is 10. The van der Waals surface area contributed by atoms with E-state index in [1.807, 2.05) is 36.5 Å². The molecule has 1 aliphatic carbocycles. The van der Waals surface area contributed by atoms with Crippen molar-refractivity contribution in [2.75, 3.05) is 71.4 Å². The van der Waals surface area contributed by atoms with Gasteiger partial charge in [0.15, 0.2) is 11.6 Å². The van der Waals surface area contributed by atoms with E-state index < -0.39 is 0 Å². The highest BCUT2D eigenvalue weighted by molar-refractivity contribution is 5.95. The molecule has 1 spiro atoms. The predicted molar refractivity (Wildman–Crippen MR) is 203 cm³/mol. The molecule has 5 N–H and O–H groups in total. The van der Waals surface area contributed by atoms with Crippen molar-refractivity contribution in [3.8, 4) is 0 Å². The third-order valence-corrected chi connectivity index (χ3v) is 11.3. The number of nitrogens with zero attached hydrogens (tertiary/aromatic N) is 6. The highest BCUT2D eigenvalue weighted by Gasteiger charge is 2.43. The average Bonchev–Trinajstić information content (AvgIpc) is 3.55. The molecule has 3 fully saturated rings. The fourth-order valence-electron chi connectivity index (χ4n) is 8.17. The summed E-state index contributed by atoms with van der Waals surface area (Å²) in [6, 6.07) is 9.86. The third-order valence-electron chi connectivity index (χ3n) is 11.3. The van der Waals surface area contributed by atoms with Gasteiger partial charge in [-0.3, -0.25) is 15.1 Å². The fraction of sp³-hybridized carbons (Fsp3) is 0.641. The molecule has 278 valence electrons. The normalized spacial score (nSPS) is 20.2. The highest BCUT2D eigenvalue weighted by atomic mass is 16.1. The Hall–Kier alpha value is -3.42. The van der Waals surface area contributed by atoms with Crippen molar-refractivity contribution in [2.24, 2.45) is 5.41 Å². The van der Waals surface area contributed by atoms with Crippen molar-refractivity contribution in [1.82, 2.24) is 50.8 Å². The fourth-order valence-corrected chi connectivity index (χ4v) is 8.17. The monoisotopic (exact) mass is 700 g/mol. The van der Waals surface area contributed by atoms with Gasteiger partial charge >= 0.3 is 0 Å². The SMILES string of the molecule is CCc1cnccc1CNC(=O)c1cccc(NCc2nnc(C3NCNCC34CCCCCCC4)n2CCNCCCN2CCN(C)CC2)c1. The summed E-state index contributed by atoms with van der Waals surface area (Å²) in [4.78, 5) is 22.4. The molecule has 2 aromatic heterocycles. The number of amides is 1. The zero-order chi connectivity index (χ0) is 35.3. The lowest BCUT2D eigenvalue weighted by Crippen LogP contribution is -2.54. The predicted octanol–water partition coefficient (Wildman–Crippen LogP) is 3.93. The van der Waals surface area contributed by atoms with Gasteiger partial charge in [-0.05, 0) is 81.2 Å². The number of piperazine rings is 1. The highest BCUT2D eigenvalue weighted by Crippen LogP contribution is 2.45. The van der Waals surface area contributed by atoms with E-state index in [-0.39, 0.29) is 17.4 Å². The lowest BCUT2D eigenvalue weighted by atomic mass is 9.69. The second kappa shape index (κ2) is 18.9. The minimum atomic E-state index is -0.0943. The number of hydrogen-bond donors (Lipinski definition) is 5. The molecule has 1 amide bonds. The molecule has 3 aliphatic rings. The van der Waals surface area contributed by atoms with Crippen molar-refractivity contribution in [1.29, 1.82) is 0 Å². The van der Waals surface area contributed by atoms with Gasteiger partial charge < -0.3 is 35.6 Å². The molecule has 0 radical (unpaired) electrons. The first-order valence-corrected chi connectivity index (χ1v) is 19.6. The van der Waals surface area contributed by atoms with E-state index in [9.17, 15) is 4.79 Å². The lowest BCUT2D eigenvalue weighted by molar-refractivity contribution is 0.0937. The summed E-state index contributed by atoms with van der Waals surface area (Å²) in [6.45, 7) is 13.4. The first-order chi connectivity index (χ1) is 25.0. The number of aryl methyl sites for hydroxylation is 1. The molecule has 12 heteroatoms. The summed E-state index contributed by atoms with van der Waals surface area (Å²) in [7, 11) is 2.21. The van der Waals surface area contributed by atoms with Crippen molar-refractivity contribution < 1.29 is 4.79 Å². The lowest BCUT2D eigenvalue weighted by Gasteiger charge is -2.45. The minimum absolute atomic E-state index is 0.0943. The van der Waals surface area contributed by atoms with Crippen LogP contribution >= 0.6 is 0 Å². The number of likely N-dealkylation sites (N-methyl/N-ethyl adjacent to an activating group) is 1. The summed E-state index contributed by atoms with van der Waals surface area (Å²) in [5.74, 6) is 1.89. The molecule has 1 unspecified atom stereocenters. The van der Waals surface area contributed by atoms with E-state index in [4.69, 9.17) is 10.2 Å². The number of rotatable bonds is 15. The van der Waals surface area contributed by atoms with Crippen LogP contribution in [0.2, 0.25) is 0 Å². The summed E-state index contributed by atoms with van der Waals surface area (Å²) < 4.78 is 2.36. The van der Waals surface area contributed by atoms with E-state index in [0.717, 1.165) is 93.8 Å². The van der Waals surface area contributed by atoms with Gasteiger partial charge in [-0.1, -0.05) is 45.1 Å². The molecule has 12 nitrogen and oxygen atoms in total. The maximum absolute atomic E-state index is 13.2. The largest absolute Gasteiger partial charge is 0.378 e. The zero-order valence-corrected chi connectivity index (χ0v) is 31.1. The Labute approximate surface area is 304 Å². The molecule has 1 atom stereocenters. The van der Waals surface area contributed by atoms with Crippen molar-refractivity contribution >= 4 is 11.6 Å². The van der Waals surface area contributed by atoms with Gasteiger partial charge in [0.1, 0.15) is 0 Å². The van der Waals surface area contributed by atoms with Crippen LogP contribution in [0.5, 0.6) is 0 Å². The molecule has 4 heterocycles. The Bertz CT molecular complexity index is 1510. The molecule has 1 saturated carbocycles. The molecule has 6 rings (SSSR count). The molecular formula is C39H61N11O. The zero-order valence-electron chi connectivity index (χ0n) is 31.1. The number of benzene rings is 1. The number of carbonyl (C=O) groups is 1. The van der Waals surface area contributed by atoms with Crippen LogP contribution in [0.4, 0.5) is 5.69 Å². The van der Waals surface area contributed by atoms with Crippen molar-refractivity contribution in [2.45, 2.75) is 90.4 Å². The van der Waals surface area contributed by atoms with Crippen LogP contribution in [0, 0.1) is 5.41 Å². The Morgan fingerprint density at radius 3 is 2.61 bits per heavy atom. The van der Waals surface area contributed by atoms with E-state index in [1.54, 1.807) is 6.20 Å². The van der Waals surface area contributed by atoms with Gasteiger partial charge in [0.05, 0.1) is 12.6 Å². The van der Waals surface area contributed by atoms with Crippen LogP contribution in [-0.4, -0.2) is 102 Å². The first-order valence-electron chi connectivity index (χ1n) is 19.6. The van der Waals surface area contributed by atoms with Gasteiger partial charge in [0, 0.05) is 88.1 Å². The molecule has 1 aromatic carbocycles. The summed E-state index contributed by atoms with van der Waals surface area (Å²) in [5.41, 5.74) is 3.90. The van der Waals surface area contributed by atoms with E-state index in [0.29, 0.717) is 18.7 Å². The van der Waals surface area contributed by atoms with E-state index in [1.165, 1.54) is 58.0 Å². The first kappa shape index (κ1) is 37.3. The maximum atomic E-state index is 13.2. The average molecular weight is 700 g/mol. The number of nitrogens with one attached hydrogen (secondary N) is 5. The topological polar surface area (TPSA) is 127 Å². The molecule has 0 bridgehead atoms. The number of pyridine rings is 1. The quantitative estimate of drug-likeness (QED) is 0.149. The Kier molecular flexibility index (Phi) is 13.8. The Morgan fingerprint density at radius 2 is 1.78 bits per heavy atom. The Balaban J connectivity index is 1.12. The van der Waals surface area contributed by atoms with Gasteiger partial charge in [-0.2, -0.15) is 0 Å². The van der Waals surface area contributed by atoms with Gasteiger partial charge in [0.2, 0.25) is 0 Å². The maximum Gasteiger partial charge on any atom is 0.251 e. The van der Waals surface area contributed by atoms with Crippen LogP contribution in [-0.2, 0) is 26.1 Å². The van der Waals surface area contributed by atoms with Crippen LogP contribution in [0.25, 0.3) is 0 Å². The Morgan fingerprint density at radius 1 is 0.961 bits per heavy atom. The molecule has 3 aromatic rings. The summed E-state index contributed by atoms with van der Waals surface area (Å²) in [5, 5.41) is 27.6. The molecule has 2 saturated heterocycles. The number of anilines is 1. The summed E-state index contributed by atoms with van der Waals surface area (Å²) >= 11 is 0. The minimum Gasteiger partial charge on any atom is -0.378 e. The van der Waals surface area contributed by atoms with E-state index >= 15 is 0 Å². The van der Waals surface area contributed by atoms with Crippen molar-refractivity contribution in [3.63, 3.8) is 0 Å². The van der Waals surface area contributed by atoms with Crippen LogP contribution < -0.4 is 26.6 Å². The summed E-state index contributed by atoms with van der Waals surface area (Å²) in [6.07, 6.45) is 14.6. The smallest absolute Gasteiger partial charge is 0.251 e. The van der Waals surface area contributed by atoms with Gasteiger partial charge in [0.25, 0.3) is 5.91 Å². The van der Waals surface area contributed by atoms with Crippen LogP contribution in [0.1, 0.15) is 97.5 Å². The molecular weight excluding hydrogens is 639 g/mol. The number of carbonyl (C=O) groups excluding carboxylic acids is 1. The second-order valence-corrected chi connectivity index (χ2v) is 14.9. The standard InChI is InChI=1S/C39H61N11O/c1-3-31-26-41-17-13-33(31)27-44-38(51)32-11-9-12-34(25-32)43-28-35-46-47-37(36-39(29-42-30-45-36)14-7-5-4-6-8-15-39)50(35)20-18-40-16-10-19-49-23-21-48(2)22-24-49/h9,11-13,17,25-26,36,40,42-43,45H,3-8,10,14-16,18-24,27-30H2,1-2H3,(H,44,51). The third kappa shape index (κ3) is 10.1. The number of aromatic nitrogens is 4. The second-order valence-electron chi connectivity index (χ2n) is 14.9.